The van der Waals surface area contributed by atoms with Gasteiger partial charge >= 0.3 is 12.4 Å². The number of hydrogen-bond donors (Lipinski definition) is 0. The van der Waals surface area contributed by atoms with Crippen molar-refractivity contribution in [2.24, 2.45) is 0 Å². The van der Waals surface area contributed by atoms with Crippen molar-refractivity contribution in [3.05, 3.63) is 70.8 Å². The van der Waals surface area contributed by atoms with E-state index in [1.54, 1.807) is 12.1 Å². The van der Waals surface area contributed by atoms with E-state index in [0.29, 0.717) is 18.7 Å². The Hall–Kier alpha value is -2.06. The zero-order valence-corrected chi connectivity index (χ0v) is 13.3. The number of benzene rings is 2. The molecule has 0 aliphatic carbocycles. The molecule has 1 unspecified atom stereocenters. The molecule has 0 N–H and O–H groups in total. The Morgan fingerprint density at radius 1 is 0.885 bits per heavy atom. The lowest BCUT2D eigenvalue weighted by Gasteiger charge is -2.16. The van der Waals surface area contributed by atoms with Gasteiger partial charge in [0.1, 0.15) is 5.60 Å². The third-order valence-electron chi connectivity index (χ3n) is 4.04. The molecule has 0 aromatic heterocycles. The molecule has 1 fully saturated rings. The molecule has 8 heteroatoms. The van der Waals surface area contributed by atoms with Crippen LogP contribution >= 0.6 is 0 Å². The van der Waals surface area contributed by atoms with E-state index in [9.17, 15) is 26.3 Å². The molecule has 3 rings (SSSR count). The molecule has 0 bridgehead atoms. The van der Waals surface area contributed by atoms with Crippen molar-refractivity contribution in [2.75, 3.05) is 13.2 Å². The van der Waals surface area contributed by atoms with Crippen molar-refractivity contribution in [2.45, 2.75) is 24.6 Å². The van der Waals surface area contributed by atoms with Crippen LogP contribution in [-0.4, -0.2) is 13.2 Å². The van der Waals surface area contributed by atoms with Gasteiger partial charge < -0.3 is 9.47 Å². The molecular formula is C18H14F6O2. The summed E-state index contributed by atoms with van der Waals surface area (Å²) >= 11 is 0. The summed E-state index contributed by atoms with van der Waals surface area (Å²) in [5.74, 6) is 0. The summed E-state index contributed by atoms with van der Waals surface area (Å²) in [5.41, 5.74) is -2.75. The summed E-state index contributed by atoms with van der Waals surface area (Å²) < 4.78 is 87.9. The van der Waals surface area contributed by atoms with Gasteiger partial charge in [-0.2, -0.15) is 26.3 Å². The molecule has 2 nitrogen and oxygen atoms in total. The zero-order chi connectivity index (χ0) is 19.0. The monoisotopic (exact) mass is 376 g/mol. The molecule has 26 heavy (non-hydrogen) atoms. The third-order valence-corrected chi connectivity index (χ3v) is 4.04. The van der Waals surface area contributed by atoms with Gasteiger partial charge in [-0.05, 0) is 29.3 Å². The summed E-state index contributed by atoms with van der Waals surface area (Å²) in [6, 6.07) is 10.5. The standard InChI is InChI=1S/C18H14F6O2/c19-17(20,21)14-6-12(7-15(8-14)18(22,23)24)9-25-10-16(11-26-16)13-4-2-1-3-5-13/h1-8H,9-11H2. The van der Waals surface area contributed by atoms with Crippen molar-refractivity contribution in [3.8, 4) is 0 Å². The van der Waals surface area contributed by atoms with Crippen LogP contribution in [0.4, 0.5) is 26.3 Å². The highest BCUT2D eigenvalue weighted by molar-refractivity contribution is 5.33. The molecule has 0 radical (unpaired) electrons. The predicted octanol–water partition coefficient (Wildman–Crippen LogP) is 5.17. The summed E-state index contributed by atoms with van der Waals surface area (Å²) in [6.07, 6.45) is -9.75. The molecule has 1 saturated heterocycles. The van der Waals surface area contributed by atoms with Crippen LogP contribution in [0.25, 0.3) is 0 Å². The fourth-order valence-electron chi connectivity index (χ4n) is 2.60. The molecule has 2 aromatic carbocycles. The Bertz CT molecular complexity index is 731. The van der Waals surface area contributed by atoms with Gasteiger partial charge in [0.25, 0.3) is 0 Å². The van der Waals surface area contributed by atoms with Crippen LogP contribution in [0.3, 0.4) is 0 Å². The summed E-state index contributed by atoms with van der Waals surface area (Å²) in [5, 5.41) is 0. The summed E-state index contributed by atoms with van der Waals surface area (Å²) in [7, 11) is 0. The van der Waals surface area contributed by atoms with Crippen molar-refractivity contribution in [3.63, 3.8) is 0 Å². The van der Waals surface area contributed by atoms with E-state index in [0.717, 1.165) is 5.56 Å². The minimum Gasteiger partial charge on any atom is -0.373 e. The largest absolute Gasteiger partial charge is 0.416 e. The summed E-state index contributed by atoms with van der Waals surface area (Å²) in [4.78, 5) is 0. The van der Waals surface area contributed by atoms with E-state index in [1.807, 2.05) is 18.2 Å². The van der Waals surface area contributed by atoms with Crippen molar-refractivity contribution in [1.82, 2.24) is 0 Å². The topological polar surface area (TPSA) is 21.8 Å². The average Bonchev–Trinajstić information content (AvgIpc) is 3.35. The highest BCUT2D eigenvalue weighted by Gasteiger charge is 2.46. The lowest BCUT2D eigenvalue weighted by molar-refractivity contribution is -0.143. The first-order valence-corrected chi connectivity index (χ1v) is 7.66. The van der Waals surface area contributed by atoms with E-state index in [1.165, 1.54) is 0 Å². The molecule has 2 aromatic rings. The van der Waals surface area contributed by atoms with Crippen LogP contribution in [-0.2, 0) is 34.0 Å². The van der Waals surface area contributed by atoms with Gasteiger partial charge in [0.2, 0.25) is 0 Å². The molecule has 1 aliphatic rings. The Morgan fingerprint density at radius 2 is 1.42 bits per heavy atom. The van der Waals surface area contributed by atoms with Gasteiger partial charge in [-0.1, -0.05) is 30.3 Å². The number of rotatable bonds is 5. The van der Waals surface area contributed by atoms with E-state index in [4.69, 9.17) is 9.47 Å². The molecule has 1 heterocycles. The first-order valence-electron chi connectivity index (χ1n) is 7.66. The number of ether oxygens (including phenoxy) is 2. The third kappa shape index (κ3) is 4.19. The van der Waals surface area contributed by atoms with Crippen molar-refractivity contribution in [1.29, 1.82) is 0 Å². The van der Waals surface area contributed by atoms with E-state index in [2.05, 4.69) is 0 Å². The minimum atomic E-state index is -4.87. The first kappa shape index (κ1) is 18.7. The molecule has 0 amide bonds. The van der Waals surface area contributed by atoms with Crippen molar-refractivity contribution < 1.29 is 35.8 Å². The second-order valence-corrected chi connectivity index (χ2v) is 6.06. The Kier molecular flexibility index (Phi) is 4.74. The second-order valence-electron chi connectivity index (χ2n) is 6.06. The quantitative estimate of drug-likeness (QED) is 0.531. The number of epoxide rings is 1. The van der Waals surface area contributed by atoms with E-state index >= 15 is 0 Å². The number of hydrogen-bond acceptors (Lipinski definition) is 2. The maximum Gasteiger partial charge on any atom is 0.416 e. The molecule has 1 atom stereocenters. The van der Waals surface area contributed by atoms with Gasteiger partial charge in [-0.3, -0.25) is 0 Å². The maximum atomic E-state index is 12.9. The lowest BCUT2D eigenvalue weighted by atomic mass is 10.0. The SMILES string of the molecule is FC(F)(F)c1cc(COCC2(c3ccccc3)CO2)cc(C(F)(F)F)c1. The Balaban J connectivity index is 1.74. The van der Waals surface area contributed by atoms with Gasteiger partial charge in [0.15, 0.2) is 0 Å². The highest BCUT2D eigenvalue weighted by atomic mass is 19.4. The van der Waals surface area contributed by atoms with Gasteiger partial charge in [-0.15, -0.1) is 0 Å². The molecular weight excluding hydrogens is 362 g/mol. The van der Waals surface area contributed by atoms with Crippen LogP contribution < -0.4 is 0 Å². The fourth-order valence-corrected chi connectivity index (χ4v) is 2.60. The van der Waals surface area contributed by atoms with Crippen LogP contribution in [0, 0.1) is 0 Å². The lowest BCUT2D eigenvalue weighted by Crippen LogP contribution is -2.17. The molecule has 0 spiro atoms. The molecule has 140 valence electrons. The van der Waals surface area contributed by atoms with E-state index < -0.39 is 29.1 Å². The van der Waals surface area contributed by atoms with Gasteiger partial charge in [-0.25, -0.2) is 0 Å². The predicted molar refractivity (Wildman–Crippen MR) is 80.2 cm³/mol. The smallest absolute Gasteiger partial charge is 0.373 e. The van der Waals surface area contributed by atoms with Crippen LogP contribution in [0.15, 0.2) is 48.5 Å². The minimum absolute atomic E-state index is 0.0363. The molecule has 1 aliphatic heterocycles. The van der Waals surface area contributed by atoms with E-state index in [-0.39, 0.29) is 24.8 Å². The van der Waals surface area contributed by atoms with Gasteiger partial charge in [0.05, 0.1) is 30.9 Å². The summed E-state index contributed by atoms with van der Waals surface area (Å²) in [6.45, 7) is 0.0347. The second kappa shape index (κ2) is 6.59. The highest BCUT2D eigenvalue weighted by Crippen LogP contribution is 2.39. The number of alkyl halides is 6. The Morgan fingerprint density at radius 3 is 1.88 bits per heavy atom. The van der Waals surface area contributed by atoms with Crippen LogP contribution in [0.5, 0.6) is 0 Å². The first-order chi connectivity index (χ1) is 12.1. The maximum absolute atomic E-state index is 12.9. The Labute approximate surface area is 145 Å². The molecule has 0 saturated carbocycles. The van der Waals surface area contributed by atoms with Crippen LogP contribution in [0.2, 0.25) is 0 Å². The van der Waals surface area contributed by atoms with Crippen LogP contribution in [0.1, 0.15) is 22.3 Å². The average molecular weight is 376 g/mol. The normalized spacial score (nSPS) is 20.2. The van der Waals surface area contributed by atoms with Gasteiger partial charge in [0, 0.05) is 0 Å². The van der Waals surface area contributed by atoms with Crippen molar-refractivity contribution >= 4 is 0 Å². The zero-order valence-electron chi connectivity index (χ0n) is 13.3. The fraction of sp³-hybridized carbons (Fsp3) is 0.333. The number of halogens is 6.